The molecule has 0 atom stereocenters. The highest BCUT2D eigenvalue weighted by atomic mass is 79.9. The molecule has 0 spiro atoms. The van der Waals surface area contributed by atoms with Gasteiger partial charge in [0.25, 0.3) is 0 Å². The van der Waals surface area contributed by atoms with Gasteiger partial charge < -0.3 is 15.0 Å². The fourth-order valence-corrected chi connectivity index (χ4v) is 3.85. The van der Waals surface area contributed by atoms with Gasteiger partial charge in [-0.25, -0.2) is 0 Å². The smallest absolute Gasteiger partial charge is 0.248 e. The van der Waals surface area contributed by atoms with E-state index in [-0.39, 0.29) is 5.91 Å². The van der Waals surface area contributed by atoms with Gasteiger partial charge in [-0.2, -0.15) is 0 Å². The van der Waals surface area contributed by atoms with Crippen LogP contribution in [0.1, 0.15) is 36.8 Å². The predicted molar refractivity (Wildman–Crippen MR) is 119 cm³/mol. The van der Waals surface area contributed by atoms with E-state index in [9.17, 15) is 4.79 Å². The number of hydrogen-bond donors (Lipinski definition) is 1. The summed E-state index contributed by atoms with van der Waals surface area (Å²) < 4.78 is 6.56. The number of rotatable bonds is 6. The fraction of sp³-hybridized carbons (Fsp3) is 0.348. The number of nitrogens with one attached hydrogen (secondary N) is 1. The van der Waals surface area contributed by atoms with Crippen LogP contribution in [-0.2, 0) is 4.79 Å². The Morgan fingerprint density at radius 3 is 2.61 bits per heavy atom. The molecule has 1 amide bonds. The van der Waals surface area contributed by atoms with Crippen LogP contribution in [-0.4, -0.2) is 37.6 Å². The van der Waals surface area contributed by atoms with Gasteiger partial charge in [-0.05, 0) is 87.8 Å². The molecule has 0 saturated carbocycles. The lowest BCUT2D eigenvalue weighted by atomic mass is 9.89. The molecule has 1 heterocycles. The van der Waals surface area contributed by atoms with Crippen LogP contribution in [0.3, 0.4) is 0 Å². The molecule has 2 aromatic carbocycles. The molecule has 4 nitrogen and oxygen atoms in total. The number of nitrogens with zero attached hydrogens (tertiary/aromatic N) is 1. The van der Waals surface area contributed by atoms with Crippen molar-refractivity contribution < 1.29 is 9.53 Å². The number of likely N-dealkylation sites (tertiary alicyclic amines) is 1. The van der Waals surface area contributed by atoms with Crippen molar-refractivity contribution >= 4 is 33.6 Å². The number of benzene rings is 2. The summed E-state index contributed by atoms with van der Waals surface area (Å²) in [5.74, 6) is 1.22. The maximum atomic E-state index is 12.3. The summed E-state index contributed by atoms with van der Waals surface area (Å²) in [5, 5.41) is 2.93. The number of halogens is 1. The monoisotopic (exact) mass is 442 g/mol. The molecule has 0 aliphatic carbocycles. The summed E-state index contributed by atoms with van der Waals surface area (Å²) in [4.78, 5) is 14.7. The Labute approximate surface area is 175 Å². The Balaban J connectivity index is 1.60. The van der Waals surface area contributed by atoms with Crippen molar-refractivity contribution in [1.82, 2.24) is 4.90 Å². The molecule has 3 rings (SSSR count). The average molecular weight is 443 g/mol. The van der Waals surface area contributed by atoms with Crippen LogP contribution in [0, 0.1) is 0 Å². The van der Waals surface area contributed by atoms with Gasteiger partial charge in [0.15, 0.2) is 0 Å². The van der Waals surface area contributed by atoms with E-state index in [1.165, 1.54) is 24.5 Å². The normalized spacial score (nSPS) is 15.7. The molecule has 0 radical (unpaired) electrons. The Kier molecular flexibility index (Phi) is 7.29. The van der Waals surface area contributed by atoms with E-state index in [0.29, 0.717) is 12.5 Å². The van der Waals surface area contributed by atoms with Gasteiger partial charge in [0.2, 0.25) is 5.91 Å². The maximum absolute atomic E-state index is 12.3. The number of hydrogen-bond acceptors (Lipinski definition) is 3. The lowest BCUT2D eigenvalue weighted by molar-refractivity contribution is -0.111. The lowest BCUT2D eigenvalue weighted by Gasteiger charge is -2.29. The molecule has 1 saturated heterocycles. The average Bonchev–Trinajstić information content (AvgIpc) is 2.69. The van der Waals surface area contributed by atoms with Crippen LogP contribution in [0.5, 0.6) is 5.75 Å². The second kappa shape index (κ2) is 9.89. The molecule has 0 aromatic heterocycles. The van der Waals surface area contributed by atoms with Crippen molar-refractivity contribution in [2.45, 2.75) is 25.7 Å². The number of carbonyl (C=O) groups excluding carboxylic acids is 1. The fourth-order valence-electron chi connectivity index (χ4n) is 3.47. The minimum atomic E-state index is -0.158. The van der Waals surface area contributed by atoms with Crippen LogP contribution < -0.4 is 10.1 Å². The first-order chi connectivity index (χ1) is 13.5. The SMILES string of the molecule is CCOc1ccc(Br)cc1/C=C/C(=O)Nc1ccc(C2CCN(C)CC2)cc1. The molecule has 148 valence electrons. The zero-order valence-electron chi connectivity index (χ0n) is 16.5. The van der Waals surface area contributed by atoms with Gasteiger partial charge in [0.1, 0.15) is 5.75 Å². The molecule has 28 heavy (non-hydrogen) atoms. The van der Waals surface area contributed by atoms with E-state index in [1.807, 2.05) is 37.3 Å². The van der Waals surface area contributed by atoms with Crippen LogP contribution in [0.4, 0.5) is 5.69 Å². The number of ether oxygens (including phenoxy) is 1. The second-order valence-corrected chi connectivity index (χ2v) is 8.05. The molecule has 1 aliphatic rings. The molecule has 5 heteroatoms. The summed E-state index contributed by atoms with van der Waals surface area (Å²) in [6.45, 7) is 4.82. The van der Waals surface area contributed by atoms with Crippen molar-refractivity contribution in [2.75, 3.05) is 32.1 Å². The van der Waals surface area contributed by atoms with Gasteiger partial charge in [-0.1, -0.05) is 28.1 Å². The number of piperidine rings is 1. The Hall–Kier alpha value is -2.11. The van der Waals surface area contributed by atoms with E-state index in [2.05, 4.69) is 45.3 Å². The summed E-state index contributed by atoms with van der Waals surface area (Å²) in [6, 6.07) is 14.0. The van der Waals surface area contributed by atoms with Gasteiger partial charge in [0.05, 0.1) is 6.61 Å². The minimum Gasteiger partial charge on any atom is -0.493 e. The zero-order valence-corrected chi connectivity index (χ0v) is 18.0. The van der Waals surface area contributed by atoms with Crippen molar-refractivity contribution in [3.63, 3.8) is 0 Å². The molecular weight excluding hydrogens is 416 g/mol. The highest BCUT2D eigenvalue weighted by Gasteiger charge is 2.18. The van der Waals surface area contributed by atoms with Gasteiger partial charge >= 0.3 is 0 Å². The Bertz CT molecular complexity index is 825. The van der Waals surface area contributed by atoms with E-state index < -0.39 is 0 Å². The molecular formula is C23H27BrN2O2. The summed E-state index contributed by atoms with van der Waals surface area (Å²) in [6.07, 6.45) is 5.70. The highest BCUT2D eigenvalue weighted by molar-refractivity contribution is 9.10. The highest BCUT2D eigenvalue weighted by Crippen LogP contribution is 2.28. The number of amides is 1. The van der Waals surface area contributed by atoms with E-state index in [1.54, 1.807) is 6.08 Å². The van der Waals surface area contributed by atoms with Crippen molar-refractivity contribution in [3.8, 4) is 5.75 Å². The van der Waals surface area contributed by atoms with Gasteiger partial charge in [0, 0.05) is 21.8 Å². The third-order valence-electron chi connectivity index (χ3n) is 5.05. The van der Waals surface area contributed by atoms with Crippen molar-refractivity contribution in [1.29, 1.82) is 0 Å². The number of anilines is 1. The van der Waals surface area contributed by atoms with E-state index in [4.69, 9.17) is 4.74 Å². The standard InChI is InChI=1S/C23H27BrN2O2/c1-3-28-22-10-7-20(24)16-19(22)6-11-23(27)25-21-8-4-17(5-9-21)18-12-14-26(2)15-13-18/h4-11,16,18H,3,12-15H2,1-2H3,(H,25,27)/b11-6+. The third kappa shape index (κ3) is 5.69. The first kappa shape index (κ1) is 20.6. The summed E-state index contributed by atoms with van der Waals surface area (Å²) in [7, 11) is 2.17. The molecule has 0 unspecified atom stereocenters. The topological polar surface area (TPSA) is 41.6 Å². The van der Waals surface area contributed by atoms with Crippen LogP contribution in [0.2, 0.25) is 0 Å². The first-order valence-electron chi connectivity index (χ1n) is 9.75. The van der Waals surface area contributed by atoms with E-state index in [0.717, 1.165) is 34.6 Å². The molecule has 1 fully saturated rings. The van der Waals surface area contributed by atoms with Crippen molar-refractivity contribution in [3.05, 3.63) is 64.1 Å². The van der Waals surface area contributed by atoms with Crippen LogP contribution >= 0.6 is 15.9 Å². The first-order valence-corrected chi connectivity index (χ1v) is 10.5. The summed E-state index contributed by atoms with van der Waals surface area (Å²) >= 11 is 3.46. The van der Waals surface area contributed by atoms with E-state index >= 15 is 0 Å². The Morgan fingerprint density at radius 2 is 1.93 bits per heavy atom. The number of carbonyl (C=O) groups is 1. The van der Waals surface area contributed by atoms with Crippen molar-refractivity contribution in [2.24, 2.45) is 0 Å². The maximum Gasteiger partial charge on any atom is 0.248 e. The molecule has 0 bridgehead atoms. The summed E-state index contributed by atoms with van der Waals surface area (Å²) in [5.41, 5.74) is 3.03. The Morgan fingerprint density at radius 1 is 1.21 bits per heavy atom. The van der Waals surface area contributed by atoms with Crippen LogP contribution in [0.25, 0.3) is 6.08 Å². The zero-order chi connectivity index (χ0) is 19.9. The van der Waals surface area contributed by atoms with Gasteiger partial charge in [-0.3, -0.25) is 4.79 Å². The molecule has 1 aliphatic heterocycles. The largest absolute Gasteiger partial charge is 0.493 e. The predicted octanol–water partition coefficient (Wildman–Crippen LogP) is 5.31. The lowest BCUT2D eigenvalue weighted by Crippen LogP contribution is -2.29. The molecule has 1 N–H and O–H groups in total. The third-order valence-corrected chi connectivity index (χ3v) is 5.55. The second-order valence-electron chi connectivity index (χ2n) is 7.14. The minimum absolute atomic E-state index is 0.158. The van der Waals surface area contributed by atoms with Gasteiger partial charge in [-0.15, -0.1) is 0 Å². The quantitative estimate of drug-likeness (QED) is 0.616. The molecule has 2 aromatic rings. The van der Waals surface area contributed by atoms with Crippen LogP contribution in [0.15, 0.2) is 53.0 Å².